The largest absolute Gasteiger partial charge is 0.366 e. The van der Waals surface area contributed by atoms with Gasteiger partial charge in [0.25, 0.3) is 5.91 Å². The van der Waals surface area contributed by atoms with Gasteiger partial charge in [0.05, 0.1) is 17.2 Å². The zero-order valence-corrected chi connectivity index (χ0v) is 13.6. The molecule has 1 aromatic carbocycles. The van der Waals surface area contributed by atoms with E-state index >= 15 is 0 Å². The maximum absolute atomic E-state index is 11.1. The van der Waals surface area contributed by atoms with E-state index in [2.05, 4.69) is 26.3 Å². The molecule has 7 heteroatoms. The lowest BCUT2D eigenvalue weighted by atomic mass is 10.1. The second-order valence-electron chi connectivity index (χ2n) is 6.58. The van der Waals surface area contributed by atoms with Gasteiger partial charge in [0, 0.05) is 38.1 Å². The molecule has 25 heavy (non-hydrogen) atoms. The number of nitrogens with one attached hydrogen (secondary N) is 1. The Labute approximate surface area is 145 Å². The van der Waals surface area contributed by atoms with Crippen LogP contribution in [-0.2, 0) is 6.54 Å². The van der Waals surface area contributed by atoms with Crippen molar-refractivity contribution in [2.24, 2.45) is 17.6 Å². The molecule has 2 heterocycles. The fraction of sp³-hybridized carbons (Fsp3) is 0.333. The zero-order chi connectivity index (χ0) is 17.4. The van der Waals surface area contributed by atoms with Crippen LogP contribution in [0.25, 0.3) is 0 Å². The lowest BCUT2D eigenvalue weighted by Gasteiger charge is -2.20. The van der Waals surface area contributed by atoms with E-state index in [4.69, 9.17) is 11.0 Å². The molecule has 7 nitrogen and oxygen atoms in total. The third-order valence-electron chi connectivity index (χ3n) is 5.02. The molecule has 2 fully saturated rings. The number of piperidine rings is 1. The summed E-state index contributed by atoms with van der Waals surface area (Å²) < 4.78 is 0. The Morgan fingerprint density at radius 1 is 1.24 bits per heavy atom. The Hall–Kier alpha value is -2.98. The van der Waals surface area contributed by atoms with E-state index in [0.717, 1.165) is 19.6 Å². The van der Waals surface area contributed by atoms with Gasteiger partial charge in [-0.25, -0.2) is 9.97 Å². The number of nitrogens with zero attached hydrogens (tertiary/aromatic N) is 4. The number of primary amides is 1. The number of anilines is 1. The Bertz CT molecular complexity index is 814. The number of aromatic nitrogens is 2. The van der Waals surface area contributed by atoms with Crippen molar-refractivity contribution in [2.45, 2.75) is 12.6 Å². The van der Waals surface area contributed by atoms with E-state index in [9.17, 15) is 4.79 Å². The molecule has 2 atom stereocenters. The molecule has 4 rings (SSSR count). The van der Waals surface area contributed by atoms with Crippen LogP contribution >= 0.6 is 0 Å². The van der Waals surface area contributed by atoms with Crippen LogP contribution in [0, 0.1) is 23.2 Å². The van der Waals surface area contributed by atoms with Crippen LogP contribution in [0.4, 0.5) is 5.95 Å². The maximum atomic E-state index is 11.1. The monoisotopic (exact) mass is 334 g/mol. The van der Waals surface area contributed by atoms with Crippen LogP contribution in [0.5, 0.6) is 0 Å². The SMILES string of the molecule is N#Cc1ccc(CNC2C3CN(c4ncc(C(N)=O)cn4)CC32)cc1. The standard InChI is InChI=1S/C18H18N6O/c19-5-11-1-3-12(4-2-11)6-21-16-14-9-24(10-15(14)16)18-22-7-13(8-23-18)17(20)25/h1-4,7-8,14-16,21H,6,9-10H2,(H2,20,25). The number of amides is 1. The number of nitriles is 1. The molecule has 1 saturated carbocycles. The fourth-order valence-electron chi connectivity index (χ4n) is 3.54. The summed E-state index contributed by atoms with van der Waals surface area (Å²) in [6, 6.07) is 10.3. The van der Waals surface area contributed by atoms with Gasteiger partial charge in [0.15, 0.2) is 0 Å². The van der Waals surface area contributed by atoms with Gasteiger partial charge >= 0.3 is 0 Å². The van der Waals surface area contributed by atoms with E-state index < -0.39 is 5.91 Å². The average molecular weight is 334 g/mol. The highest BCUT2D eigenvalue weighted by molar-refractivity contribution is 5.92. The molecule has 2 aliphatic rings. The lowest BCUT2D eigenvalue weighted by molar-refractivity contribution is 0.0999. The minimum Gasteiger partial charge on any atom is -0.366 e. The van der Waals surface area contributed by atoms with Crippen molar-refractivity contribution in [1.82, 2.24) is 15.3 Å². The van der Waals surface area contributed by atoms with Crippen molar-refractivity contribution < 1.29 is 4.79 Å². The highest BCUT2D eigenvalue weighted by Gasteiger charge is 2.55. The third-order valence-corrected chi connectivity index (χ3v) is 5.02. The van der Waals surface area contributed by atoms with Crippen molar-refractivity contribution >= 4 is 11.9 Å². The fourth-order valence-corrected chi connectivity index (χ4v) is 3.54. The summed E-state index contributed by atoms with van der Waals surface area (Å²) in [5.74, 6) is 1.36. The van der Waals surface area contributed by atoms with Gasteiger partial charge < -0.3 is 16.0 Å². The minimum absolute atomic E-state index is 0.329. The van der Waals surface area contributed by atoms with Crippen LogP contribution in [-0.4, -0.2) is 35.0 Å². The number of hydrogen-bond donors (Lipinski definition) is 2. The van der Waals surface area contributed by atoms with Gasteiger partial charge in [-0.05, 0) is 29.5 Å². The van der Waals surface area contributed by atoms with Crippen LogP contribution in [0.2, 0.25) is 0 Å². The van der Waals surface area contributed by atoms with Gasteiger partial charge in [0.2, 0.25) is 5.95 Å². The second kappa shape index (κ2) is 6.15. The molecule has 3 N–H and O–H groups in total. The van der Waals surface area contributed by atoms with Crippen molar-refractivity contribution in [2.75, 3.05) is 18.0 Å². The molecule has 1 saturated heterocycles. The summed E-state index contributed by atoms with van der Waals surface area (Å²) in [4.78, 5) is 21.7. The number of hydrogen-bond acceptors (Lipinski definition) is 6. The number of carbonyl (C=O) groups excluding carboxylic acids is 1. The van der Waals surface area contributed by atoms with Gasteiger partial charge in [-0.2, -0.15) is 5.26 Å². The van der Waals surface area contributed by atoms with E-state index in [1.807, 2.05) is 24.3 Å². The predicted molar refractivity (Wildman–Crippen MR) is 91.5 cm³/mol. The molecule has 2 aromatic rings. The molecular weight excluding hydrogens is 316 g/mol. The number of fused-ring (bicyclic) bond motifs is 1. The van der Waals surface area contributed by atoms with Crippen LogP contribution < -0.4 is 16.0 Å². The molecule has 2 unspecified atom stereocenters. The van der Waals surface area contributed by atoms with Crippen LogP contribution in [0.1, 0.15) is 21.5 Å². The van der Waals surface area contributed by atoms with Crippen molar-refractivity contribution in [3.05, 3.63) is 53.3 Å². The van der Waals surface area contributed by atoms with Gasteiger partial charge in [-0.15, -0.1) is 0 Å². The maximum Gasteiger partial charge on any atom is 0.251 e. The lowest BCUT2D eigenvalue weighted by Crippen LogP contribution is -2.32. The molecule has 126 valence electrons. The zero-order valence-electron chi connectivity index (χ0n) is 13.6. The Morgan fingerprint density at radius 2 is 1.88 bits per heavy atom. The summed E-state index contributed by atoms with van der Waals surface area (Å²) >= 11 is 0. The molecule has 1 aliphatic carbocycles. The molecule has 1 aromatic heterocycles. The summed E-state index contributed by atoms with van der Waals surface area (Å²) in [5, 5.41) is 12.4. The van der Waals surface area contributed by atoms with E-state index in [1.54, 1.807) is 0 Å². The summed E-state index contributed by atoms with van der Waals surface area (Å²) in [5.41, 5.74) is 7.41. The number of carbonyl (C=O) groups is 1. The first kappa shape index (κ1) is 15.5. The highest BCUT2D eigenvalue weighted by atomic mass is 16.1. The van der Waals surface area contributed by atoms with E-state index in [0.29, 0.717) is 35.0 Å². The topological polar surface area (TPSA) is 108 Å². The van der Waals surface area contributed by atoms with Crippen molar-refractivity contribution in [3.8, 4) is 6.07 Å². The minimum atomic E-state index is -0.511. The molecule has 1 aliphatic heterocycles. The van der Waals surface area contributed by atoms with Crippen molar-refractivity contribution in [1.29, 1.82) is 5.26 Å². The Balaban J connectivity index is 1.28. The summed E-state index contributed by atoms with van der Waals surface area (Å²) in [7, 11) is 0. The normalized spacial score (nSPS) is 23.8. The number of benzene rings is 1. The highest BCUT2D eigenvalue weighted by Crippen LogP contribution is 2.46. The first-order valence-electron chi connectivity index (χ1n) is 8.25. The molecule has 1 amide bonds. The smallest absolute Gasteiger partial charge is 0.251 e. The molecular formula is C18H18N6O. The number of rotatable bonds is 5. The summed E-state index contributed by atoms with van der Waals surface area (Å²) in [6.07, 6.45) is 2.96. The van der Waals surface area contributed by atoms with Crippen LogP contribution in [0.15, 0.2) is 36.7 Å². The Morgan fingerprint density at radius 3 is 2.44 bits per heavy atom. The van der Waals surface area contributed by atoms with Gasteiger partial charge in [-0.3, -0.25) is 4.79 Å². The molecule has 0 bridgehead atoms. The first-order chi connectivity index (χ1) is 12.2. The molecule has 0 spiro atoms. The summed E-state index contributed by atoms with van der Waals surface area (Å²) in [6.45, 7) is 2.66. The Kier molecular flexibility index (Phi) is 3.82. The molecule has 0 radical (unpaired) electrons. The van der Waals surface area contributed by atoms with Crippen molar-refractivity contribution in [3.63, 3.8) is 0 Å². The van der Waals surface area contributed by atoms with Gasteiger partial charge in [0.1, 0.15) is 0 Å². The third kappa shape index (κ3) is 3.04. The average Bonchev–Trinajstić information content (AvgIpc) is 3.09. The van der Waals surface area contributed by atoms with Gasteiger partial charge in [-0.1, -0.05) is 12.1 Å². The first-order valence-corrected chi connectivity index (χ1v) is 8.25. The number of nitrogens with two attached hydrogens (primary N) is 1. The quantitative estimate of drug-likeness (QED) is 0.832. The predicted octanol–water partition coefficient (Wildman–Crippen LogP) is 0.672. The van der Waals surface area contributed by atoms with Crippen LogP contribution in [0.3, 0.4) is 0 Å². The van der Waals surface area contributed by atoms with E-state index in [1.165, 1.54) is 18.0 Å². The second-order valence-corrected chi connectivity index (χ2v) is 6.58. The van der Waals surface area contributed by atoms with E-state index in [-0.39, 0.29) is 0 Å².